The van der Waals surface area contributed by atoms with E-state index in [1.807, 2.05) is 4.90 Å². The normalized spacial score (nSPS) is 21.5. The van der Waals surface area contributed by atoms with Gasteiger partial charge < -0.3 is 4.90 Å². The molecular weight excluding hydrogens is 334 g/mol. The minimum atomic E-state index is 0.210. The summed E-state index contributed by atoms with van der Waals surface area (Å²) in [5.74, 6) is 0.210. The molecule has 2 saturated heterocycles. The van der Waals surface area contributed by atoms with Crippen molar-refractivity contribution < 1.29 is 4.79 Å². The number of hydrogen-bond acceptors (Lipinski definition) is 3. The fourth-order valence-corrected chi connectivity index (χ4v) is 4.64. The van der Waals surface area contributed by atoms with Gasteiger partial charge in [0.2, 0.25) is 5.91 Å². The van der Waals surface area contributed by atoms with Crippen molar-refractivity contribution >= 4 is 5.91 Å². The van der Waals surface area contributed by atoms with Gasteiger partial charge in [0.05, 0.1) is 11.7 Å². The van der Waals surface area contributed by atoms with E-state index >= 15 is 0 Å². The molecule has 0 N–H and O–H groups in total. The highest BCUT2D eigenvalue weighted by Gasteiger charge is 2.34. The summed E-state index contributed by atoms with van der Waals surface area (Å²) in [5.41, 5.74) is 3.67. The lowest BCUT2D eigenvalue weighted by Crippen LogP contribution is -2.46. The lowest BCUT2D eigenvalue weighted by molar-refractivity contribution is -0.130. The van der Waals surface area contributed by atoms with Crippen molar-refractivity contribution in [3.05, 3.63) is 65.5 Å². The minimum Gasteiger partial charge on any atom is -0.343 e. The van der Waals surface area contributed by atoms with Crippen molar-refractivity contribution in [2.75, 3.05) is 19.6 Å². The first kappa shape index (κ1) is 18.2. The summed E-state index contributed by atoms with van der Waals surface area (Å²) < 4.78 is 0. The highest BCUT2D eigenvalue weighted by molar-refractivity contribution is 5.73. The number of benzene rings is 1. The Morgan fingerprint density at radius 1 is 1.00 bits per heavy atom. The van der Waals surface area contributed by atoms with Crippen molar-refractivity contribution in [1.82, 2.24) is 14.8 Å². The van der Waals surface area contributed by atoms with Gasteiger partial charge in [-0.2, -0.15) is 0 Å². The van der Waals surface area contributed by atoms with E-state index in [1.165, 1.54) is 24.1 Å². The molecule has 0 bridgehead atoms. The number of carbonyl (C=O) groups is 1. The van der Waals surface area contributed by atoms with Gasteiger partial charge in [-0.1, -0.05) is 36.4 Å². The van der Waals surface area contributed by atoms with Crippen LogP contribution in [-0.2, 0) is 11.2 Å². The van der Waals surface area contributed by atoms with E-state index in [0.29, 0.717) is 12.1 Å². The first-order chi connectivity index (χ1) is 13.2. The summed E-state index contributed by atoms with van der Waals surface area (Å²) in [7, 11) is 0. The van der Waals surface area contributed by atoms with E-state index in [0.717, 1.165) is 44.6 Å². The van der Waals surface area contributed by atoms with Crippen LogP contribution in [0.3, 0.4) is 0 Å². The molecular formula is C23H29N3O. The van der Waals surface area contributed by atoms with Crippen LogP contribution in [0.4, 0.5) is 0 Å². The second kappa shape index (κ2) is 8.22. The van der Waals surface area contributed by atoms with Crippen LogP contribution in [-0.4, -0.2) is 46.4 Å². The average Bonchev–Trinajstić information content (AvgIpc) is 3.19. The minimum absolute atomic E-state index is 0.210. The van der Waals surface area contributed by atoms with Crippen LogP contribution in [0.15, 0.2) is 48.5 Å². The molecule has 3 heterocycles. The molecule has 2 aromatic rings. The number of piperidine rings is 1. The zero-order chi connectivity index (χ0) is 18.6. The molecule has 0 aliphatic carbocycles. The second-order valence-electron chi connectivity index (χ2n) is 7.85. The topological polar surface area (TPSA) is 36.4 Å². The Labute approximate surface area is 162 Å². The third-order valence-electron chi connectivity index (χ3n) is 6.07. The molecule has 4 heteroatoms. The zero-order valence-corrected chi connectivity index (χ0v) is 16.2. The summed E-state index contributed by atoms with van der Waals surface area (Å²) in [5, 5.41) is 0. The molecule has 0 radical (unpaired) electrons. The van der Waals surface area contributed by atoms with Crippen LogP contribution in [0.25, 0.3) is 0 Å². The number of likely N-dealkylation sites (tertiary alicyclic amines) is 2. The first-order valence-corrected chi connectivity index (χ1v) is 10.2. The Morgan fingerprint density at radius 3 is 2.52 bits per heavy atom. The van der Waals surface area contributed by atoms with Gasteiger partial charge in [-0.3, -0.25) is 14.7 Å². The maximum Gasteiger partial charge on any atom is 0.219 e. The molecule has 4 rings (SSSR count). The predicted octanol–water partition coefficient (Wildman–Crippen LogP) is 3.82. The van der Waals surface area contributed by atoms with Crippen LogP contribution in [0.5, 0.6) is 0 Å². The number of aromatic nitrogens is 1. The summed E-state index contributed by atoms with van der Waals surface area (Å²) in [6, 6.07) is 18.1. The lowest BCUT2D eigenvalue weighted by Gasteiger charge is -2.39. The van der Waals surface area contributed by atoms with E-state index in [2.05, 4.69) is 53.4 Å². The molecule has 0 saturated carbocycles. The number of pyridine rings is 1. The van der Waals surface area contributed by atoms with Crippen LogP contribution in [0, 0.1) is 0 Å². The van der Waals surface area contributed by atoms with Gasteiger partial charge in [0.25, 0.3) is 0 Å². The smallest absolute Gasteiger partial charge is 0.219 e. The molecule has 27 heavy (non-hydrogen) atoms. The Kier molecular flexibility index (Phi) is 5.53. The molecule has 2 aliphatic heterocycles. The number of nitrogens with zero attached hydrogens (tertiary/aromatic N) is 3. The number of hydrogen-bond donors (Lipinski definition) is 0. The van der Waals surface area contributed by atoms with Crippen molar-refractivity contribution in [3.8, 4) is 0 Å². The molecule has 2 fully saturated rings. The van der Waals surface area contributed by atoms with Gasteiger partial charge in [0.1, 0.15) is 0 Å². The van der Waals surface area contributed by atoms with Gasteiger partial charge in [0.15, 0.2) is 0 Å². The fourth-order valence-electron chi connectivity index (χ4n) is 4.64. The van der Waals surface area contributed by atoms with E-state index in [4.69, 9.17) is 4.98 Å². The van der Waals surface area contributed by atoms with Gasteiger partial charge in [-0.15, -0.1) is 0 Å². The zero-order valence-electron chi connectivity index (χ0n) is 16.2. The predicted molar refractivity (Wildman–Crippen MR) is 107 cm³/mol. The molecule has 2 aliphatic rings. The monoisotopic (exact) mass is 363 g/mol. The maximum atomic E-state index is 11.6. The van der Waals surface area contributed by atoms with Gasteiger partial charge in [-0.25, -0.2) is 0 Å². The summed E-state index contributed by atoms with van der Waals surface area (Å²) in [4.78, 5) is 21.3. The standard InChI is InChI=1S/C23H29N3O/c1-18(27)25-15-12-21(13-16-25)26-14-6-11-23(26)22-10-5-9-20(24-22)17-19-7-3-2-4-8-19/h2-5,7-10,21,23H,6,11-17H2,1H3/t23-/m1/s1. The Morgan fingerprint density at radius 2 is 1.78 bits per heavy atom. The molecule has 0 unspecified atom stereocenters. The number of rotatable bonds is 4. The van der Waals surface area contributed by atoms with Gasteiger partial charge in [-0.05, 0) is 49.9 Å². The van der Waals surface area contributed by atoms with Crippen LogP contribution in [0.1, 0.15) is 55.6 Å². The van der Waals surface area contributed by atoms with Crippen molar-refractivity contribution in [2.24, 2.45) is 0 Å². The quantitative estimate of drug-likeness (QED) is 0.829. The fraction of sp³-hybridized carbons (Fsp3) is 0.478. The molecule has 0 spiro atoms. The first-order valence-electron chi connectivity index (χ1n) is 10.2. The SMILES string of the molecule is CC(=O)N1CCC(N2CCC[C@@H]2c2cccc(Cc3ccccc3)n2)CC1. The molecule has 142 valence electrons. The van der Waals surface area contributed by atoms with Crippen molar-refractivity contribution in [3.63, 3.8) is 0 Å². The lowest BCUT2D eigenvalue weighted by atomic mass is 10.0. The molecule has 1 aromatic carbocycles. The van der Waals surface area contributed by atoms with Crippen LogP contribution < -0.4 is 0 Å². The van der Waals surface area contributed by atoms with Crippen molar-refractivity contribution in [2.45, 2.75) is 51.1 Å². The maximum absolute atomic E-state index is 11.6. The molecule has 4 nitrogen and oxygen atoms in total. The number of carbonyl (C=O) groups excluding carboxylic acids is 1. The van der Waals surface area contributed by atoms with Crippen LogP contribution in [0.2, 0.25) is 0 Å². The van der Waals surface area contributed by atoms with E-state index in [1.54, 1.807) is 6.92 Å². The number of amides is 1. The third-order valence-corrected chi connectivity index (χ3v) is 6.07. The summed E-state index contributed by atoms with van der Waals surface area (Å²) in [6.07, 6.45) is 5.48. The molecule has 1 atom stereocenters. The highest BCUT2D eigenvalue weighted by Crippen LogP contribution is 2.35. The van der Waals surface area contributed by atoms with E-state index < -0.39 is 0 Å². The van der Waals surface area contributed by atoms with Crippen molar-refractivity contribution in [1.29, 1.82) is 0 Å². The Balaban J connectivity index is 1.46. The Bertz CT molecular complexity index is 768. The highest BCUT2D eigenvalue weighted by atomic mass is 16.2. The molecule has 1 amide bonds. The second-order valence-corrected chi connectivity index (χ2v) is 7.85. The van der Waals surface area contributed by atoms with Gasteiger partial charge >= 0.3 is 0 Å². The summed E-state index contributed by atoms with van der Waals surface area (Å²) >= 11 is 0. The van der Waals surface area contributed by atoms with Gasteiger partial charge in [0, 0.05) is 38.2 Å². The Hall–Kier alpha value is -2.20. The van der Waals surface area contributed by atoms with E-state index in [-0.39, 0.29) is 5.91 Å². The van der Waals surface area contributed by atoms with Crippen LogP contribution >= 0.6 is 0 Å². The largest absolute Gasteiger partial charge is 0.343 e. The van der Waals surface area contributed by atoms with E-state index in [9.17, 15) is 4.79 Å². The third kappa shape index (κ3) is 4.22. The summed E-state index contributed by atoms with van der Waals surface area (Å²) in [6.45, 7) is 4.62. The average molecular weight is 364 g/mol. The molecule has 1 aromatic heterocycles.